The van der Waals surface area contributed by atoms with E-state index >= 15 is 0 Å². The molecule has 1 heterocycles. The summed E-state index contributed by atoms with van der Waals surface area (Å²) in [5.41, 5.74) is 3.14. The van der Waals surface area contributed by atoms with E-state index in [-0.39, 0.29) is 12.5 Å². The summed E-state index contributed by atoms with van der Waals surface area (Å²) in [6.07, 6.45) is 0.889. The molecule has 0 atom stereocenters. The van der Waals surface area contributed by atoms with Crippen LogP contribution in [0.25, 0.3) is 5.69 Å². The van der Waals surface area contributed by atoms with Crippen molar-refractivity contribution < 1.29 is 19.1 Å². The number of anilines is 2. The number of hydrogen-bond donors (Lipinski definition) is 2. The Morgan fingerprint density at radius 1 is 1.07 bits per heavy atom. The lowest BCUT2D eigenvalue weighted by atomic mass is 10.1. The third kappa shape index (κ3) is 5.36. The van der Waals surface area contributed by atoms with E-state index in [1.807, 2.05) is 6.92 Å². The van der Waals surface area contributed by atoms with Gasteiger partial charge in [-0.2, -0.15) is 0 Å². The molecule has 2 aromatic carbocycles. The topological polar surface area (TPSA) is 120 Å². The Balaban J connectivity index is 1.65. The molecule has 2 N–H and O–H groups in total. The number of hydrogen-bond acceptors (Lipinski definition) is 7. The Bertz CT molecular complexity index is 990. The van der Waals surface area contributed by atoms with Crippen LogP contribution in [0, 0.1) is 6.92 Å². The molecule has 0 unspecified atom stereocenters. The molecule has 3 rings (SSSR count). The number of rotatable bonds is 7. The third-order valence-electron chi connectivity index (χ3n) is 3.94. The SMILES string of the molecule is COCCOC(=O)Nc1cccc(NC(=O)c2ccc(-n3cnnn3)c(C)c2)c1. The van der Waals surface area contributed by atoms with Crippen LogP contribution >= 0.6 is 0 Å². The van der Waals surface area contributed by atoms with Crippen molar-refractivity contribution in [1.82, 2.24) is 20.2 Å². The third-order valence-corrected chi connectivity index (χ3v) is 3.94. The van der Waals surface area contributed by atoms with Crippen molar-refractivity contribution in [2.24, 2.45) is 0 Å². The molecule has 0 radical (unpaired) electrons. The molecule has 10 heteroatoms. The monoisotopic (exact) mass is 396 g/mol. The van der Waals surface area contributed by atoms with Crippen molar-refractivity contribution in [3.8, 4) is 5.69 Å². The Morgan fingerprint density at radius 3 is 2.55 bits per heavy atom. The van der Waals surface area contributed by atoms with Crippen LogP contribution in [0.2, 0.25) is 0 Å². The molecule has 0 saturated heterocycles. The average Bonchev–Trinajstić information content (AvgIpc) is 3.23. The molecule has 0 aliphatic heterocycles. The van der Waals surface area contributed by atoms with Gasteiger partial charge in [0.2, 0.25) is 0 Å². The lowest BCUT2D eigenvalue weighted by molar-refractivity contribution is 0.102. The van der Waals surface area contributed by atoms with E-state index in [0.717, 1.165) is 11.3 Å². The number of methoxy groups -OCH3 is 1. The predicted molar refractivity (Wildman–Crippen MR) is 105 cm³/mol. The number of aryl methyl sites for hydroxylation is 1. The predicted octanol–water partition coefficient (Wildman–Crippen LogP) is 2.42. The number of ether oxygens (including phenoxy) is 2. The van der Waals surface area contributed by atoms with Crippen LogP contribution in [0.15, 0.2) is 48.8 Å². The molecule has 0 fully saturated rings. The molecule has 1 aromatic heterocycles. The summed E-state index contributed by atoms with van der Waals surface area (Å²) in [5.74, 6) is -0.281. The molecule has 29 heavy (non-hydrogen) atoms. The van der Waals surface area contributed by atoms with Gasteiger partial charge in [-0.25, -0.2) is 9.48 Å². The Kier molecular flexibility index (Phi) is 6.48. The van der Waals surface area contributed by atoms with E-state index < -0.39 is 6.09 Å². The summed E-state index contributed by atoms with van der Waals surface area (Å²) in [4.78, 5) is 24.3. The summed E-state index contributed by atoms with van der Waals surface area (Å²) in [6.45, 7) is 2.33. The van der Waals surface area contributed by atoms with Gasteiger partial charge in [-0.15, -0.1) is 5.10 Å². The number of tetrazole rings is 1. The van der Waals surface area contributed by atoms with E-state index in [4.69, 9.17) is 9.47 Å². The minimum absolute atomic E-state index is 0.152. The molecule has 150 valence electrons. The molecule has 0 aliphatic rings. The highest BCUT2D eigenvalue weighted by molar-refractivity contribution is 6.04. The zero-order valence-electron chi connectivity index (χ0n) is 16.0. The van der Waals surface area contributed by atoms with E-state index in [1.165, 1.54) is 18.1 Å². The average molecular weight is 396 g/mol. The van der Waals surface area contributed by atoms with Gasteiger partial charge in [-0.3, -0.25) is 10.1 Å². The van der Waals surface area contributed by atoms with Crippen molar-refractivity contribution in [3.05, 3.63) is 59.9 Å². The van der Waals surface area contributed by atoms with E-state index in [2.05, 4.69) is 26.2 Å². The van der Waals surface area contributed by atoms with Gasteiger partial charge < -0.3 is 14.8 Å². The zero-order chi connectivity index (χ0) is 20.6. The quantitative estimate of drug-likeness (QED) is 0.588. The van der Waals surface area contributed by atoms with E-state index in [0.29, 0.717) is 23.5 Å². The highest BCUT2D eigenvalue weighted by Crippen LogP contribution is 2.18. The molecule has 10 nitrogen and oxygen atoms in total. The van der Waals surface area contributed by atoms with Crippen LogP contribution < -0.4 is 10.6 Å². The van der Waals surface area contributed by atoms with Crippen molar-refractivity contribution in [2.45, 2.75) is 6.92 Å². The van der Waals surface area contributed by atoms with Gasteiger partial charge in [0.15, 0.2) is 0 Å². The fraction of sp³-hybridized carbons (Fsp3) is 0.211. The molecule has 3 aromatic rings. The zero-order valence-corrected chi connectivity index (χ0v) is 16.0. The molecule has 0 aliphatic carbocycles. The molecule has 0 spiro atoms. The fourth-order valence-electron chi connectivity index (χ4n) is 2.58. The Labute approximate surface area is 166 Å². The van der Waals surface area contributed by atoms with Crippen LogP contribution in [0.3, 0.4) is 0 Å². The summed E-state index contributed by atoms with van der Waals surface area (Å²) in [7, 11) is 1.52. The smallest absolute Gasteiger partial charge is 0.411 e. The number of carbonyl (C=O) groups excluding carboxylic acids is 2. The van der Waals surface area contributed by atoms with Crippen molar-refractivity contribution in [3.63, 3.8) is 0 Å². The van der Waals surface area contributed by atoms with Gasteiger partial charge in [0.05, 0.1) is 12.3 Å². The molecule has 0 saturated carbocycles. The number of benzene rings is 2. The second-order valence-electron chi connectivity index (χ2n) is 6.04. The van der Waals surface area contributed by atoms with Crippen LogP contribution in [-0.2, 0) is 9.47 Å². The van der Waals surface area contributed by atoms with Gasteiger partial charge >= 0.3 is 6.09 Å². The van der Waals surface area contributed by atoms with Gasteiger partial charge in [0, 0.05) is 24.0 Å². The lowest BCUT2D eigenvalue weighted by Gasteiger charge is -2.10. The van der Waals surface area contributed by atoms with Crippen molar-refractivity contribution >= 4 is 23.4 Å². The van der Waals surface area contributed by atoms with Crippen LogP contribution in [0.5, 0.6) is 0 Å². The fourth-order valence-corrected chi connectivity index (χ4v) is 2.58. The first-order valence-corrected chi connectivity index (χ1v) is 8.75. The summed E-state index contributed by atoms with van der Waals surface area (Å²) in [6, 6.07) is 12.0. The summed E-state index contributed by atoms with van der Waals surface area (Å²) >= 11 is 0. The maximum Gasteiger partial charge on any atom is 0.411 e. The number of nitrogens with zero attached hydrogens (tertiary/aromatic N) is 4. The lowest BCUT2D eigenvalue weighted by Crippen LogP contribution is -2.17. The molecule has 2 amide bonds. The van der Waals surface area contributed by atoms with Gasteiger partial charge in [-0.05, 0) is 59.3 Å². The Hall–Kier alpha value is -3.79. The van der Waals surface area contributed by atoms with Crippen LogP contribution in [-0.4, -0.2) is 52.5 Å². The van der Waals surface area contributed by atoms with Crippen molar-refractivity contribution in [1.29, 1.82) is 0 Å². The maximum absolute atomic E-state index is 12.6. The first-order valence-electron chi connectivity index (χ1n) is 8.75. The summed E-state index contributed by atoms with van der Waals surface area (Å²) in [5, 5.41) is 16.5. The summed E-state index contributed by atoms with van der Waals surface area (Å²) < 4.78 is 11.3. The molecule has 0 bridgehead atoms. The Morgan fingerprint density at radius 2 is 1.86 bits per heavy atom. The number of nitrogens with one attached hydrogen (secondary N) is 2. The molecular formula is C19H20N6O4. The standard InChI is InChI=1S/C19H20N6O4/c1-13-10-14(6-7-17(13)25-12-20-23-24-25)18(26)21-15-4-3-5-16(11-15)22-19(27)29-9-8-28-2/h3-7,10-12H,8-9H2,1-2H3,(H,21,26)(H,22,27). The number of aromatic nitrogens is 4. The van der Waals surface area contributed by atoms with Crippen LogP contribution in [0.4, 0.5) is 16.2 Å². The minimum atomic E-state index is -0.598. The van der Waals surface area contributed by atoms with Gasteiger partial charge in [0.25, 0.3) is 5.91 Å². The molecular weight excluding hydrogens is 376 g/mol. The highest BCUT2D eigenvalue weighted by Gasteiger charge is 2.11. The van der Waals surface area contributed by atoms with E-state index in [1.54, 1.807) is 42.5 Å². The van der Waals surface area contributed by atoms with Crippen molar-refractivity contribution in [2.75, 3.05) is 31.0 Å². The highest BCUT2D eigenvalue weighted by atomic mass is 16.6. The number of amides is 2. The van der Waals surface area contributed by atoms with E-state index in [9.17, 15) is 9.59 Å². The largest absolute Gasteiger partial charge is 0.447 e. The maximum atomic E-state index is 12.6. The van der Waals surface area contributed by atoms with Gasteiger partial charge in [-0.1, -0.05) is 6.07 Å². The normalized spacial score (nSPS) is 10.4. The first-order chi connectivity index (χ1) is 14.1. The second-order valence-corrected chi connectivity index (χ2v) is 6.04. The minimum Gasteiger partial charge on any atom is -0.447 e. The van der Waals surface area contributed by atoms with Crippen LogP contribution in [0.1, 0.15) is 15.9 Å². The first kappa shape index (κ1) is 20.0. The number of carbonyl (C=O) groups is 2. The second kappa shape index (κ2) is 9.42. The van der Waals surface area contributed by atoms with Gasteiger partial charge in [0.1, 0.15) is 12.9 Å².